The highest BCUT2D eigenvalue weighted by atomic mass is 32.2. The Morgan fingerprint density at radius 2 is 1.81 bits per heavy atom. The van der Waals surface area contributed by atoms with E-state index in [0.29, 0.717) is 5.17 Å². The molecule has 0 aromatic rings. The number of nitrogens with one attached hydrogen (secondary N) is 1. The van der Waals surface area contributed by atoms with Crippen LogP contribution in [0.4, 0.5) is 4.39 Å². The molecule has 0 amide bonds. The third-order valence-electron chi connectivity index (χ3n) is 3.56. The van der Waals surface area contributed by atoms with Gasteiger partial charge in [-0.1, -0.05) is 11.8 Å². The lowest BCUT2D eigenvalue weighted by Crippen LogP contribution is -2.62. The topological polar surface area (TPSA) is 113 Å². The van der Waals surface area contributed by atoms with Crippen LogP contribution in [0.1, 0.15) is 20.8 Å². The Hall–Kier alpha value is -1.88. The number of ether oxygens (including phenoxy) is 4. The van der Waals surface area contributed by atoms with Crippen LogP contribution in [0.15, 0.2) is 4.99 Å². The van der Waals surface area contributed by atoms with Crippen LogP contribution in [-0.2, 0) is 33.3 Å². The van der Waals surface area contributed by atoms with E-state index in [9.17, 15) is 18.8 Å². The van der Waals surface area contributed by atoms with E-state index in [1.165, 1.54) is 32.5 Å². The summed E-state index contributed by atoms with van der Waals surface area (Å²) < 4.78 is 33.9. The smallest absolute Gasteiger partial charge is 0.303 e. The zero-order valence-electron chi connectivity index (χ0n) is 14.6. The predicted octanol–water partition coefficient (Wildman–Crippen LogP) is 0.168. The molecule has 26 heavy (non-hydrogen) atoms. The van der Waals surface area contributed by atoms with Gasteiger partial charge in [-0.05, 0) is 0 Å². The van der Waals surface area contributed by atoms with Crippen molar-refractivity contribution in [2.75, 3.05) is 19.8 Å². The second kappa shape index (κ2) is 9.17. The lowest BCUT2D eigenvalue weighted by molar-refractivity contribution is -0.209. The molecule has 2 heterocycles. The molecule has 2 fully saturated rings. The van der Waals surface area contributed by atoms with E-state index < -0.39 is 54.4 Å². The Morgan fingerprint density at radius 1 is 1.15 bits per heavy atom. The number of thioether (sulfide) groups is 1. The van der Waals surface area contributed by atoms with Gasteiger partial charge in [-0.2, -0.15) is 0 Å². The van der Waals surface area contributed by atoms with E-state index in [1.807, 2.05) is 0 Å². The summed E-state index contributed by atoms with van der Waals surface area (Å²) in [5.74, 6) is -1.69. The van der Waals surface area contributed by atoms with E-state index in [4.69, 9.17) is 18.9 Å². The molecule has 146 valence electrons. The van der Waals surface area contributed by atoms with E-state index in [2.05, 4.69) is 10.3 Å². The monoisotopic (exact) mass is 392 g/mol. The molecule has 0 aromatic carbocycles. The largest absolute Gasteiger partial charge is 0.463 e. The zero-order chi connectivity index (χ0) is 19.3. The van der Waals surface area contributed by atoms with Crippen molar-refractivity contribution < 1.29 is 37.7 Å². The third kappa shape index (κ3) is 5.31. The number of amidine groups is 1. The number of nitrogens with zero attached hydrogens (tertiary/aromatic N) is 1. The van der Waals surface area contributed by atoms with Crippen LogP contribution >= 0.6 is 11.8 Å². The van der Waals surface area contributed by atoms with E-state index in [0.717, 1.165) is 0 Å². The van der Waals surface area contributed by atoms with Gasteiger partial charge in [0.1, 0.15) is 30.9 Å². The van der Waals surface area contributed by atoms with Crippen molar-refractivity contribution in [3.63, 3.8) is 0 Å². The minimum Gasteiger partial charge on any atom is -0.463 e. The highest BCUT2D eigenvalue weighted by molar-refractivity contribution is 8.14. The molecule has 1 N–H and O–H groups in total. The molecule has 0 radical (unpaired) electrons. The average molecular weight is 392 g/mol. The Morgan fingerprint density at radius 3 is 2.38 bits per heavy atom. The Kier molecular flexibility index (Phi) is 7.21. The molecule has 0 bridgehead atoms. The molecule has 2 aliphatic rings. The molecule has 0 aliphatic carbocycles. The lowest BCUT2D eigenvalue weighted by Gasteiger charge is -2.41. The van der Waals surface area contributed by atoms with Crippen LogP contribution in [0.3, 0.4) is 0 Å². The minimum absolute atomic E-state index is 0.0166. The van der Waals surface area contributed by atoms with Gasteiger partial charge in [-0.25, -0.2) is 4.39 Å². The Balaban J connectivity index is 2.26. The molecule has 11 heteroatoms. The van der Waals surface area contributed by atoms with Crippen molar-refractivity contribution in [3.8, 4) is 0 Å². The van der Waals surface area contributed by atoms with Crippen molar-refractivity contribution in [1.29, 1.82) is 0 Å². The van der Waals surface area contributed by atoms with Crippen LogP contribution in [-0.4, -0.2) is 72.7 Å². The lowest BCUT2D eigenvalue weighted by atomic mass is 9.97. The number of hydrogen-bond acceptors (Lipinski definition) is 9. The fourth-order valence-electron chi connectivity index (χ4n) is 2.67. The summed E-state index contributed by atoms with van der Waals surface area (Å²) in [6.07, 6.45) is -2.70. The summed E-state index contributed by atoms with van der Waals surface area (Å²) in [4.78, 5) is 38.2. The number of alkyl halides is 1. The number of esters is 3. The van der Waals surface area contributed by atoms with Gasteiger partial charge in [0.25, 0.3) is 0 Å². The second-order valence-corrected chi connectivity index (χ2v) is 6.74. The molecule has 0 aromatic heterocycles. The summed E-state index contributed by atoms with van der Waals surface area (Å²) >= 11 is 1.20. The van der Waals surface area contributed by atoms with Crippen molar-refractivity contribution in [2.45, 2.75) is 50.6 Å². The summed E-state index contributed by atoms with van der Waals surface area (Å²) in [6, 6.07) is -0.555. The maximum Gasteiger partial charge on any atom is 0.303 e. The van der Waals surface area contributed by atoms with Crippen molar-refractivity contribution >= 4 is 34.8 Å². The first kappa shape index (κ1) is 20.4. The van der Waals surface area contributed by atoms with Gasteiger partial charge in [0, 0.05) is 20.8 Å². The van der Waals surface area contributed by atoms with Crippen LogP contribution in [0.2, 0.25) is 0 Å². The van der Waals surface area contributed by atoms with Crippen molar-refractivity contribution in [2.24, 2.45) is 4.99 Å². The van der Waals surface area contributed by atoms with Gasteiger partial charge < -0.3 is 24.3 Å². The summed E-state index contributed by atoms with van der Waals surface area (Å²) in [5.41, 5.74) is -0.537. The maximum atomic E-state index is 12.4. The molecule has 0 saturated carbocycles. The summed E-state index contributed by atoms with van der Waals surface area (Å²) in [6.45, 7) is 2.88. The molecule has 9 nitrogen and oxygen atoms in total. The number of fused-ring (bicyclic) bond motifs is 1. The first-order valence-corrected chi connectivity index (χ1v) is 8.86. The number of carbonyl (C=O) groups excluding carboxylic acids is 3. The molecule has 2 aliphatic heterocycles. The van der Waals surface area contributed by atoms with E-state index >= 15 is 0 Å². The average Bonchev–Trinajstić information content (AvgIpc) is 2.95. The Labute approximate surface area is 154 Å². The van der Waals surface area contributed by atoms with Gasteiger partial charge in [0.2, 0.25) is 0 Å². The first-order chi connectivity index (χ1) is 12.3. The van der Waals surface area contributed by atoms with Crippen LogP contribution < -0.4 is 5.32 Å². The number of aliphatic imine (C=N–C) groups is 1. The molecule has 2 saturated heterocycles. The van der Waals surface area contributed by atoms with Gasteiger partial charge in [0.05, 0.1) is 6.54 Å². The van der Waals surface area contributed by atoms with Gasteiger partial charge in [-0.15, -0.1) is 0 Å². The van der Waals surface area contributed by atoms with Gasteiger partial charge >= 0.3 is 17.9 Å². The standard InChI is InChI=1S/C15H21FN2O7S/c1-7(19)22-6-10-12(23-8(2)20)13(24-9(3)21)11-14(25-10)26-15(18-11)17-5-4-16/h10-14H,4-6H2,1-3H3,(H,17,18). The van der Waals surface area contributed by atoms with Crippen LogP contribution in [0.25, 0.3) is 0 Å². The van der Waals surface area contributed by atoms with E-state index in [-0.39, 0.29) is 13.2 Å². The first-order valence-electron chi connectivity index (χ1n) is 7.98. The number of hydrogen-bond donors (Lipinski definition) is 1. The highest BCUT2D eigenvalue weighted by Crippen LogP contribution is 2.36. The molecule has 0 spiro atoms. The van der Waals surface area contributed by atoms with Gasteiger partial charge in [0.15, 0.2) is 17.4 Å². The van der Waals surface area contributed by atoms with Crippen LogP contribution in [0.5, 0.6) is 0 Å². The fourth-order valence-corrected chi connectivity index (χ4v) is 3.83. The summed E-state index contributed by atoms with van der Waals surface area (Å²) in [5, 5.41) is 3.45. The normalized spacial score (nSPS) is 31.7. The molecular weight excluding hydrogens is 371 g/mol. The fraction of sp³-hybridized carbons (Fsp3) is 0.733. The molecule has 5 unspecified atom stereocenters. The number of halogens is 1. The molecule has 2 rings (SSSR count). The van der Waals surface area contributed by atoms with Crippen molar-refractivity contribution in [1.82, 2.24) is 5.32 Å². The quantitative estimate of drug-likeness (QED) is 0.499. The van der Waals surface area contributed by atoms with Crippen molar-refractivity contribution in [3.05, 3.63) is 0 Å². The number of rotatable bonds is 6. The highest BCUT2D eigenvalue weighted by Gasteiger charge is 2.53. The SMILES string of the molecule is CC(=O)OCC1OC2SC(=NCCF)NC2C(OC(C)=O)C1OC(C)=O. The predicted molar refractivity (Wildman–Crippen MR) is 89.2 cm³/mol. The minimum atomic E-state index is -0.981. The Bertz CT molecular complexity index is 588. The third-order valence-corrected chi connectivity index (χ3v) is 4.67. The maximum absolute atomic E-state index is 12.4. The summed E-state index contributed by atoms with van der Waals surface area (Å²) in [7, 11) is 0. The number of carbonyl (C=O) groups is 3. The van der Waals surface area contributed by atoms with Gasteiger partial charge in [-0.3, -0.25) is 19.4 Å². The second-order valence-electron chi connectivity index (χ2n) is 5.66. The molecular formula is C15H21FN2O7S. The molecule has 5 atom stereocenters. The van der Waals surface area contributed by atoms with E-state index in [1.54, 1.807) is 0 Å². The van der Waals surface area contributed by atoms with Crippen LogP contribution in [0, 0.1) is 0 Å². The zero-order valence-corrected chi connectivity index (χ0v) is 15.4.